The van der Waals surface area contributed by atoms with E-state index in [4.69, 9.17) is 0 Å². The molecule has 74 valence electrons. The number of hydrogen-bond acceptors (Lipinski definition) is 2. The van der Waals surface area contributed by atoms with Crippen molar-refractivity contribution in [3.8, 4) is 0 Å². The fourth-order valence-corrected chi connectivity index (χ4v) is 1.61. The van der Waals surface area contributed by atoms with Crippen molar-refractivity contribution in [3.05, 3.63) is 24.2 Å². The lowest BCUT2D eigenvalue weighted by atomic mass is 9.90. The zero-order valence-electron chi connectivity index (χ0n) is 9.07. The highest BCUT2D eigenvalue weighted by Gasteiger charge is 2.19. The van der Waals surface area contributed by atoms with Crippen molar-refractivity contribution in [1.82, 2.24) is 14.8 Å². The second-order valence-corrected chi connectivity index (χ2v) is 4.65. The van der Waals surface area contributed by atoms with Gasteiger partial charge in [0.05, 0.1) is 5.69 Å². The molecule has 0 spiro atoms. The van der Waals surface area contributed by atoms with Crippen molar-refractivity contribution in [1.29, 1.82) is 0 Å². The number of pyridine rings is 1. The van der Waals surface area contributed by atoms with Gasteiger partial charge in [-0.25, -0.2) is 0 Å². The van der Waals surface area contributed by atoms with Crippen LogP contribution in [0.2, 0.25) is 0 Å². The topological polar surface area (TPSA) is 30.7 Å². The first kappa shape index (κ1) is 9.19. The zero-order valence-corrected chi connectivity index (χ0v) is 9.07. The van der Waals surface area contributed by atoms with Crippen LogP contribution in [0.3, 0.4) is 0 Å². The molecule has 0 fully saturated rings. The lowest BCUT2D eigenvalue weighted by Gasteiger charge is -2.17. The molecule has 0 N–H and O–H groups in total. The molecule has 0 atom stereocenters. The fourth-order valence-electron chi connectivity index (χ4n) is 1.61. The Balaban J connectivity index is 2.77. The third-order valence-electron chi connectivity index (χ3n) is 2.25. The number of nitrogens with zero attached hydrogens (tertiary/aromatic N) is 3. The summed E-state index contributed by atoms with van der Waals surface area (Å²) in [5.74, 6) is 0. The Morgan fingerprint density at radius 1 is 1.29 bits per heavy atom. The summed E-state index contributed by atoms with van der Waals surface area (Å²) in [7, 11) is 1.94. The average Bonchev–Trinajstić information content (AvgIpc) is 2.41. The Kier molecular flexibility index (Phi) is 1.84. The van der Waals surface area contributed by atoms with Crippen molar-refractivity contribution in [3.63, 3.8) is 0 Å². The number of rotatable bonds is 0. The standard InChI is InChI=1S/C11H15N3/c1-11(2,3)10-9-8(5-6-12-10)7-14(4)13-9/h5-7H,1-4H3. The molecule has 3 nitrogen and oxygen atoms in total. The van der Waals surface area contributed by atoms with E-state index in [1.54, 1.807) is 0 Å². The van der Waals surface area contributed by atoms with Crippen LogP contribution in [0.4, 0.5) is 0 Å². The molecule has 0 aliphatic carbocycles. The van der Waals surface area contributed by atoms with Crippen molar-refractivity contribution in [2.24, 2.45) is 7.05 Å². The Bertz CT molecular complexity index is 463. The summed E-state index contributed by atoms with van der Waals surface area (Å²) in [6.07, 6.45) is 3.87. The summed E-state index contributed by atoms with van der Waals surface area (Å²) in [6, 6.07) is 2.00. The van der Waals surface area contributed by atoms with E-state index >= 15 is 0 Å². The molecule has 0 aromatic carbocycles. The highest BCUT2D eigenvalue weighted by molar-refractivity contribution is 5.80. The van der Waals surface area contributed by atoms with Gasteiger partial charge in [-0.3, -0.25) is 9.67 Å². The van der Waals surface area contributed by atoms with Crippen molar-refractivity contribution >= 4 is 10.9 Å². The SMILES string of the molecule is Cn1cc2ccnc(C(C)(C)C)c2n1. The first-order valence-corrected chi connectivity index (χ1v) is 4.77. The third kappa shape index (κ3) is 1.39. The van der Waals surface area contributed by atoms with E-state index in [-0.39, 0.29) is 5.41 Å². The smallest absolute Gasteiger partial charge is 0.114 e. The molecule has 2 aromatic rings. The van der Waals surface area contributed by atoms with Crippen LogP contribution in [0.5, 0.6) is 0 Å². The second kappa shape index (κ2) is 2.80. The Morgan fingerprint density at radius 2 is 2.00 bits per heavy atom. The van der Waals surface area contributed by atoms with Gasteiger partial charge in [-0.05, 0) is 6.07 Å². The first-order chi connectivity index (χ1) is 6.48. The predicted octanol–water partition coefficient (Wildman–Crippen LogP) is 2.27. The second-order valence-electron chi connectivity index (χ2n) is 4.65. The summed E-state index contributed by atoms with van der Waals surface area (Å²) < 4.78 is 1.83. The van der Waals surface area contributed by atoms with Crippen LogP contribution in [0, 0.1) is 0 Å². The summed E-state index contributed by atoms with van der Waals surface area (Å²) in [4.78, 5) is 4.42. The van der Waals surface area contributed by atoms with E-state index < -0.39 is 0 Å². The van der Waals surface area contributed by atoms with E-state index in [1.807, 2.05) is 30.2 Å². The minimum Gasteiger partial charge on any atom is -0.275 e. The van der Waals surface area contributed by atoms with Crippen molar-refractivity contribution in [2.75, 3.05) is 0 Å². The fraction of sp³-hybridized carbons (Fsp3) is 0.455. The Morgan fingerprint density at radius 3 is 2.64 bits per heavy atom. The maximum absolute atomic E-state index is 4.43. The van der Waals surface area contributed by atoms with Gasteiger partial charge >= 0.3 is 0 Å². The van der Waals surface area contributed by atoms with Gasteiger partial charge in [0, 0.05) is 30.2 Å². The lowest BCUT2D eigenvalue weighted by molar-refractivity contribution is 0.573. The monoisotopic (exact) mass is 189 g/mol. The van der Waals surface area contributed by atoms with Gasteiger partial charge in [0.15, 0.2) is 0 Å². The minimum atomic E-state index is 0.0495. The molecule has 0 unspecified atom stereocenters. The van der Waals surface area contributed by atoms with Gasteiger partial charge in [0.25, 0.3) is 0 Å². The van der Waals surface area contributed by atoms with Gasteiger partial charge in [0.1, 0.15) is 5.52 Å². The number of fused-ring (bicyclic) bond motifs is 1. The molecule has 0 aliphatic rings. The maximum Gasteiger partial charge on any atom is 0.114 e. The van der Waals surface area contributed by atoms with Crippen molar-refractivity contribution < 1.29 is 0 Å². The summed E-state index contributed by atoms with van der Waals surface area (Å²) >= 11 is 0. The highest BCUT2D eigenvalue weighted by atomic mass is 15.2. The molecular weight excluding hydrogens is 174 g/mol. The summed E-state index contributed by atoms with van der Waals surface area (Å²) in [6.45, 7) is 6.47. The Hall–Kier alpha value is -1.38. The summed E-state index contributed by atoms with van der Waals surface area (Å²) in [5.41, 5.74) is 2.13. The van der Waals surface area contributed by atoms with Crippen LogP contribution in [-0.2, 0) is 12.5 Å². The van der Waals surface area contributed by atoms with Gasteiger partial charge in [0.2, 0.25) is 0 Å². The van der Waals surface area contributed by atoms with Crippen LogP contribution in [0.1, 0.15) is 26.5 Å². The van der Waals surface area contributed by atoms with Crippen LogP contribution in [-0.4, -0.2) is 14.8 Å². The van der Waals surface area contributed by atoms with Gasteiger partial charge in [-0.15, -0.1) is 0 Å². The molecule has 0 saturated heterocycles. The minimum absolute atomic E-state index is 0.0495. The van der Waals surface area contributed by atoms with E-state index in [0.29, 0.717) is 0 Å². The zero-order chi connectivity index (χ0) is 10.3. The molecule has 0 aliphatic heterocycles. The van der Waals surface area contributed by atoms with Crippen LogP contribution >= 0.6 is 0 Å². The molecule has 0 bridgehead atoms. The molecule has 2 heterocycles. The normalized spacial score (nSPS) is 12.3. The van der Waals surface area contributed by atoms with Gasteiger partial charge in [-0.1, -0.05) is 20.8 Å². The average molecular weight is 189 g/mol. The first-order valence-electron chi connectivity index (χ1n) is 4.77. The lowest BCUT2D eigenvalue weighted by Crippen LogP contribution is -2.14. The molecule has 0 amide bonds. The maximum atomic E-state index is 4.43. The van der Waals surface area contributed by atoms with Crippen LogP contribution in [0.25, 0.3) is 10.9 Å². The molecule has 2 rings (SSSR count). The van der Waals surface area contributed by atoms with E-state index in [2.05, 4.69) is 30.9 Å². The highest BCUT2D eigenvalue weighted by Crippen LogP contribution is 2.26. The summed E-state index contributed by atoms with van der Waals surface area (Å²) in [5, 5.41) is 5.59. The number of aryl methyl sites for hydroxylation is 1. The molecule has 14 heavy (non-hydrogen) atoms. The van der Waals surface area contributed by atoms with E-state index in [9.17, 15) is 0 Å². The van der Waals surface area contributed by atoms with Crippen LogP contribution < -0.4 is 0 Å². The van der Waals surface area contributed by atoms with Gasteiger partial charge in [-0.2, -0.15) is 5.10 Å². The van der Waals surface area contributed by atoms with E-state index in [0.717, 1.165) is 16.6 Å². The molecule has 3 heteroatoms. The number of aromatic nitrogens is 3. The largest absolute Gasteiger partial charge is 0.275 e. The van der Waals surface area contributed by atoms with Crippen LogP contribution in [0.15, 0.2) is 18.5 Å². The molecular formula is C11H15N3. The molecule has 0 saturated carbocycles. The molecule has 2 aromatic heterocycles. The van der Waals surface area contributed by atoms with Gasteiger partial charge < -0.3 is 0 Å². The third-order valence-corrected chi connectivity index (χ3v) is 2.25. The molecule has 0 radical (unpaired) electrons. The quantitative estimate of drug-likeness (QED) is 0.636. The predicted molar refractivity (Wildman–Crippen MR) is 57.2 cm³/mol. The number of hydrogen-bond donors (Lipinski definition) is 0. The van der Waals surface area contributed by atoms with E-state index in [1.165, 1.54) is 0 Å². The van der Waals surface area contributed by atoms with Crippen molar-refractivity contribution in [2.45, 2.75) is 26.2 Å². The Labute approximate surface area is 83.8 Å².